The summed E-state index contributed by atoms with van der Waals surface area (Å²) in [5.74, 6) is 0.179. The largest absolute Gasteiger partial charge is 0.487 e. The number of carbonyl (C=O) groups is 1. The molecule has 1 saturated heterocycles. The van der Waals surface area contributed by atoms with Crippen LogP contribution in [-0.4, -0.2) is 41.2 Å². The third-order valence-electron chi connectivity index (χ3n) is 4.33. The standard InChI is InChI=1S/C15H18ClNO3/c16-12-1-2-13-11(9-12)3-4-15(20-13)5-7-17(8-6-15)10-14(18)19/h1-2,9H,3-8,10H2,(H,18,19). The molecule has 1 spiro atoms. The molecule has 0 saturated carbocycles. The predicted octanol–water partition coefficient (Wildman–Crippen LogP) is 2.58. The summed E-state index contributed by atoms with van der Waals surface area (Å²) in [4.78, 5) is 12.7. The highest BCUT2D eigenvalue weighted by atomic mass is 35.5. The van der Waals surface area contributed by atoms with Crippen LogP contribution < -0.4 is 4.74 Å². The molecule has 0 unspecified atom stereocenters. The number of benzene rings is 1. The van der Waals surface area contributed by atoms with E-state index in [2.05, 4.69) is 0 Å². The number of rotatable bonds is 2. The molecule has 2 aliphatic heterocycles. The van der Waals surface area contributed by atoms with Gasteiger partial charge < -0.3 is 9.84 Å². The first-order valence-electron chi connectivity index (χ1n) is 6.98. The van der Waals surface area contributed by atoms with E-state index in [-0.39, 0.29) is 12.1 Å². The zero-order valence-corrected chi connectivity index (χ0v) is 12.0. The van der Waals surface area contributed by atoms with Gasteiger partial charge in [-0.25, -0.2) is 0 Å². The Morgan fingerprint density at radius 2 is 2.10 bits per heavy atom. The molecule has 0 aliphatic carbocycles. The summed E-state index contributed by atoms with van der Waals surface area (Å²) in [5, 5.41) is 9.59. The van der Waals surface area contributed by atoms with Crippen molar-refractivity contribution in [3.05, 3.63) is 28.8 Å². The van der Waals surface area contributed by atoms with E-state index in [4.69, 9.17) is 21.4 Å². The van der Waals surface area contributed by atoms with Gasteiger partial charge in [-0.2, -0.15) is 0 Å². The maximum Gasteiger partial charge on any atom is 0.317 e. The summed E-state index contributed by atoms with van der Waals surface area (Å²) < 4.78 is 6.24. The predicted molar refractivity (Wildman–Crippen MR) is 76.4 cm³/mol. The van der Waals surface area contributed by atoms with Crippen molar-refractivity contribution in [3.8, 4) is 5.75 Å². The third kappa shape index (κ3) is 2.76. The van der Waals surface area contributed by atoms with Gasteiger partial charge in [0.15, 0.2) is 0 Å². The minimum atomic E-state index is -0.759. The molecule has 108 valence electrons. The van der Waals surface area contributed by atoms with E-state index in [0.717, 1.165) is 49.5 Å². The van der Waals surface area contributed by atoms with E-state index in [0.29, 0.717) is 0 Å². The highest BCUT2D eigenvalue weighted by molar-refractivity contribution is 6.30. The molecular formula is C15H18ClNO3. The molecule has 0 aromatic heterocycles. The molecule has 0 amide bonds. The monoisotopic (exact) mass is 295 g/mol. The highest BCUT2D eigenvalue weighted by Gasteiger charge is 2.39. The minimum absolute atomic E-state index is 0.115. The molecule has 1 fully saturated rings. The van der Waals surface area contributed by atoms with Crippen molar-refractivity contribution in [3.63, 3.8) is 0 Å². The van der Waals surface area contributed by atoms with Gasteiger partial charge in [0.25, 0.3) is 0 Å². The average molecular weight is 296 g/mol. The van der Waals surface area contributed by atoms with Crippen molar-refractivity contribution in [2.24, 2.45) is 0 Å². The first-order chi connectivity index (χ1) is 9.56. The van der Waals surface area contributed by atoms with E-state index in [1.54, 1.807) is 0 Å². The average Bonchev–Trinajstić information content (AvgIpc) is 2.42. The summed E-state index contributed by atoms with van der Waals surface area (Å²) in [6.45, 7) is 1.70. The summed E-state index contributed by atoms with van der Waals surface area (Å²) in [7, 11) is 0. The number of piperidine rings is 1. The zero-order chi connectivity index (χ0) is 14.2. The van der Waals surface area contributed by atoms with E-state index in [1.165, 1.54) is 5.56 Å². The number of nitrogens with zero attached hydrogens (tertiary/aromatic N) is 1. The Kier molecular flexibility index (Phi) is 3.61. The number of ether oxygens (including phenoxy) is 1. The Bertz CT molecular complexity index is 524. The number of hydrogen-bond acceptors (Lipinski definition) is 3. The Morgan fingerprint density at radius 3 is 2.80 bits per heavy atom. The SMILES string of the molecule is O=C(O)CN1CCC2(CCc3cc(Cl)ccc3O2)CC1. The molecule has 1 N–H and O–H groups in total. The normalized spacial score (nSPS) is 21.2. The summed E-state index contributed by atoms with van der Waals surface area (Å²) in [6.07, 6.45) is 3.75. The van der Waals surface area contributed by atoms with Gasteiger partial charge in [-0.3, -0.25) is 9.69 Å². The highest BCUT2D eigenvalue weighted by Crippen LogP contribution is 2.40. The fraction of sp³-hybridized carbons (Fsp3) is 0.533. The van der Waals surface area contributed by atoms with Crippen LogP contribution in [0.3, 0.4) is 0 Å². The molecule has 0 radical (unpaired) electrons. The van der Waals surface area contributed by atoms with Gasteiger partial charge in [0.05, 0.1) is 6.54 Å². The van der Waals surface area contributed by atoms with Gasteiger partial charge in [-0.1, -0.05) is 11.6 Å². The number of carboxylic acids is 1. The first-order valence-corrected chi connectivity index (χ1v) is 7.36. The van der Waals surface area contributed by atoms with Crippen LogP contribution in [0.25, 0.3) is 0 Å². The number of hydrogen-bond donors (Lipinski definition) is 1. The van der Waals surface area contributed by atoms with Gasteiger partial charge in [-0.05, 0) is 49.4 Å². The molecule has 1 aromatic rings. The van der Waals surface area contributed by atoms with Gasteiger partial charge >= 0.3 is 5.97 Å². The van der Waals surface area contributed by atoms with Crippen LogP contribution in [0.15, 0.2) is 18.2 Å². The van der Waals surface area contributed by atoms with Crippen molar-refractivity contribution < 1.29 is 14.6 Å². The molecule has 0 atom stereocenters. The van der Waals surface area contributed by atoms with E-state index >= 15 is 0 Å². The van der Waals surface area contributed by atoms with Crippen molar-refractivity contribution in [1.82, 2.24) is 4.90 Å². The topological polar surface area (TPSA) is 49.8 Å². The number of carboxylic acid groups (broad SMARTS) is 1. The summed E-state index contributed by atoms with van der Waals surface area (Å²) in [5.41, 5.74) is 1.06. The molecule has 20 heavy (non-hydrogen) atoms. The second-order valence-corrected chi connectivity index (χ2v) is 6.14. The van der Waals surface area contributed by atoms with Crippen LogP contribution in [0.5, 0.6) is 5.75 Å². The molecular weight excluding hydrogens is 278 g/mol. The van der Waals surface area contributed by atoms with Crippen molar-refractivity contribution in [1.29, 1.82) is 0 Å². The van der Waals surface area contributed by atoms with E-state index in [1.807, 2.05) is 23.1 Å². The first kappa shape index (κ1) is 13.7. The maximum absolute atomic E-state index is 10.7. The van der Waals surface area contributed by atoms with E-state index in [9.17, 15) is 4.79 Å². The maximum atomic E-state index is 10.7. The lowest BCUT2D eigenvalue weighted by molar-refractivity contribution is -0.139. The van der Waals surface area contributed by atoms with Crippen LogP contribution in [0.4, 0.5) is 0 Å². The van der Waals surface area contributed by atoms with Crippen LogP contribution in [0.1, 0.15) is 24.8 Å². The molecule has 1 aromatic carbocycles. The van der Waals surface area contributed by atoms with Gasteiger partial charge in [0.1, 0.15) is 11.4 Å². The van der Waals surface area contributed by atoms with Gasteiger partial charge in [0, 0.05) is 18.1 Å². The van der Waals surface area contributed by atoms with Crippen LogP contribution in [0, 0.1) is 0 Å². The molecule has 2 aliphatic rings. The number of likely N-dealkylation sites (tertiary alicyclic amines) is 1. The molecule has 0 bridgehead atoms. The fourth-order valence-corrected chi connectivity index (χ4v) is 3.35. The molecule has 3 rings (SSSR count). The van der Waals surface area contributed by atoms with Gasteiger partial charge in [-0.15, -0.1) is 0 Å². The molecule has 4 nitrogen and oxygen atoms in total. The zero-order valence-electron chi connectivity index (χ0n) is 11.3. The van der Waals surface area contributed by atoms with Crippen LogP contribution in [-0.2, 0) is 11.2 Å². The Labute approximate surface area is 123 Å². The second kappa shape index (κ2) is 5.26. The third-order valence-corrected chi connectivity index (χ3v) is 4.56. The lowest BCUT2D eigenvalue weighted by Gasteiger charge is -2.44. The molecule has 5 heteroatoms. The number of fused-ring (bicyclic) bond motifs is 1. The molecule has 2 heterocycles. The second-order valence-electron chi connectivity index (χ2n) is 5.71. The number of aliphatic carboxylic acids is 1. The smallest absolute Gasteiger partial charge is 0.317 e. The van der Waals surface area contributed by atoms with E-state index < -0.39 is 5.97 Å². The van der Waals surface area contributed by atoms with Crippen molar-refractivity contribution in [2.45, 2.75) is 31.3 Å². The quantitative estimate of drug-likeness (QED) is 0.911. The van der Waals surface area contributed by atoms with Crippen LogP contribution >= 0.6 is 11.6 Å². The lowest BCUT2D eigenvalue weighted by atomic mass is 9.83. The Balaban J connectivity index is 1.68. The Morgan fingerprint density at radius 1 is 1.35 bits per heavy atom. The number of aryl methyl sites for hydroxylation is 1. The van der Waals surface area contributed by atoms with Crippen molar-refractivity contribution >= 4 is 17.6 Å². The lowest BCUT2D eigenvalue weighted by Crippen LogP contribution is -2.50. The summed E-state index contributed by atoms with van der Waals surface area (Å²) >= 11 is 6.00. The number of halogens is 1. The van der Waals surface area contributed by atoms with Crippen molar-refractivity contribution in [2.75, 3.05) is 19.6 Å². The Hall–Kier alpha value is -1.26. The minimum Gasteiger partial charge on any atom is -0.487 e. The fourth-order valence-electron chi connectivity index (χ4n) is 3.15. The summed E-state index contributed by atoms with van der Waals surface area (Å²) in [6, 6.07) is 5.78. The van der Waals surface area contributed by atoms with Crippen LogP contribution in [0.2, 0.25) is 5.02 Å². The van der Waals surface area contributed by atoms with Gasteiger partial charge in [0.2, 0.25) is 0 Å².